The predicted molar refractivity (Wildman–Crippen MR) is 52.7 cm³/mol. The molecule has 0 aliphatic carbocycles. The van der Waals surface area contributed by atoms with E-state index in [0.29, 0.717) is 12.1 Å². The van der Waals surface area contributed by atoms with Gasteiger partial charge in [-0.2, -0.15) is 0 Å². The average Bonchev–Trinajstić information content (AvgIpc) is 2.02. The Bertz CT molecular complexity index is 403. The Kier molecular flexibility index (Phi) is 3.60. The predicted octanol–water partition coefficient (Wildman–Crippen LogP) is 1.26. The van der Waals surface area contributed by atoms with Crippen LogP contribution in [0.5, 0.6) is 0 Å². The second-order valence-corrected chi connectivity index (χ2v) is 4.69. The maximum Gasteiger partial charge on any atom is 0.215 e. The molecule has 0 spiro atoms. The smallest absolute Gasteiger partial charge is 0.215 e. The first-order chi connectivity index (χ1) is 6.53. The van der Waals surface area contributed by atoms with Crippen LogP contribution in [-0.2, 0) is 15.8 Å². The number of hydrogen-bond acceptors (Lipinski definition) is 2. The Balaban J connectivity index is 2.79. The van der Waals surface area contributed by atoms with Gasteiger partial charge in [0.1, 0.15) is 5.82 Å². The molecule has 1 rings (SSSR count). The standard InChI is InChI=1S/C9H12FNO2S/c1-2-11-14(12,13)7-8-4-3-5-9(10)6-8/h3-6,11H,2,7H2,1H3. The zero-order valence-corrected chi connectivity index (χ0v) is 8.64. The fraction of sp³-hybridized carbons (Fsp3) is 0.333. The Morgan fingerprint density at radius 2 is 2.14 bits per heavy atom. The lowest BCUT2D eigenvalue weighted by molar-refractivity contribution is 0.582. The van der Waals surface area contributed by atoms with Crippen LogP contribution >= 0.6 is 0 Å². The van der Waals surface area contributed by atoms with E-state index < -0.39 is 15.8 Å². The van der Waals surface area contributed by atoms with Gasteiger partial charge in [-0.05, 0) is 17.7 Å². The van der Waals surface area contributed by atoms with Crippen molar-refractivity contribution in [3.63, 3.8) is 0 Å². The van der Waals surface area contributed by atoms with Crippen LogP contribution in [-0.4, -0.2) is 15.0 Å². The van der Waals surface area contributed by atoms with Gasteiger partial charge in [-0.15, -0.1) is 0 Å². The largest absolute Gasteiger partial charge is 0.215 e. The van der Waals surface area contributed by atoms with Crippen LogP contribution in [0.3, 0.4) is 0 Å². The summed E-state index contributed by atoms with van der Waals surface area (Å²) in [5, 5.41) is 0. The van der Waals surface area contributed by atoms with E-state index in [1.54, 1.807) is 13.0 Å². The molecule has 0 heterocycles. The molecule has 0 radical (unpaired) electrons. The van der Waals surface area contributed by atoms with Gasteiger partial charge in [0.25, 0.3) is 0 Å². The van der Waals surface area contributed by atoms with Crippen molar-refractivity contribution >= 4 is 10.0 Å². The lowest BCUT2D eigenvalue weighted by Crippen LogP contribution is -2.24. The van der Waals surface area contributed by atoms with Gasteiger partial charge in [-0.1, -0.05) is 19.1 Å². The SMILES string of the molecule is CCNS(=O)(=O)Cc1cccc(F)c1. The van der Waals surface area contributed by atoms with Gasteiger partial charge in [-0.25, -0.2) is 17.5 Å². The van der Waals surface area contributed by atoms with E-state index in [0.717, 1.165) is 0 Å². The van der Waals surface area contributed by atoms with E-state index in [2.05, 4.69) is 4.72 Å². The zero-order chi connectivity index (χ0) is 10.6. The van der Waals surface area contributed by atoms with Crippen molar-refractivity contribution in [2.24, 2.45) is 0 Å². The minimum absolute atomic E-state index is 0.182. The van der Waals surface area contributed by atoms with Crippen LogP contribution in [0.1, 0.15) is 12.5 Å². The minimum atomic E-state index is -3.32. The quantitative estimate of drug-likeness (QED) is 0.825. The maximum absolute atomic E-state index is 12.7. The molecule has 0 aliphatic heterocycles. The molecule has 1 aromatic rings. The average molecular weight is 217 g/mol. The fourth-order valence-corrected chi connectivity index (χ4v) is 2.28. The lowest BCUT2D eigenvalue weighted by Gasteiger charge is -2.03. The summed E-state index contributed by atoms with van der Waals surface area (Å²) in [7, 11) is -3.32. The normalized spacial score (nSPS) is 11.6. The molecule has 0 bridgehead atoms. The molecule has 0 fully saturated rings. The van der Waals surface area contributed by atoms with Crippen molar-refractivity contribution in [2.45, 2.75) is 12.7 Å². The van der Waals surface area contributed by atoms with E-state index in [-0.39, 0.29) is 5.75 Å². The first-order valence-corrected chi connectivity index (χ1v) is 5.90. The molecule has 3 nitrogen and oxygen atoms in total. The molecule has 78 valence electrons. The van der Waals surface area contributed by atoms with E-state index in [1.165, 1.54) is 18.2 Å². The Morgan fingerprint density at radius 3 is 2.71 bits per heavy atom. The molecule has 0 amide bonds. The maximum atomic E-state index is 12.7. The Labute approximate surface area is 83.0 Å². The Hall–Kier alpha value is -0.940. The van der Waals surface area contributed by atoms with Gasteiger partial charge in [0.2, 0.25) is 10.0 Å². The highest BCUT2D eigenvalue weighted by atomic mass is 32.2. The van der Waals surface area contributed by atoms with Crippen LogP contribution in [0, 0.1) is 5.82 Å². The Morgan fingerprint density at radius 1 is 1.43 bits per heavy atom. The number of hydrogen-bond donors (Lipinski definition) is 1. The lowest BCUT2D eigenvalue weighted by atomic mass is 10.2. The van der Waals surface area contributed by atoms with Crippen LogP contribution in [0.15, 0.2) is 24.3 Å². The number of benzene rings is 1. The zero-order valence-electron chi connectivity index (χ0n) is 7.83. The summed E-state index contributed by atoms with van der Waals surface area (Å²) >= 11 is 0. The third-order valence-electron chi connectivity index (χ3n) is 1.61. The summed E-state index contributed by atoms with van der Waals surface area (Å²) in [5.41, 5.74) is 0.450. The van der Waals surface area contributed by atoms with Gasteiger partial charge < -0.3 is 0 Å². The van der Waals surface area contributed by atoms with Gasteiger partial charge >= 0.3 is 0 Å². The van der Waals surface area contributed by atoms with Crippen molar-refractivity contribution < 1.29 is 12.8 Å². The van der Waals surface area contributed by atoms with Crippen molar-refractivity contribution in [1.29, 1.82) is 0 Å². The molecule has 14 heavy (non-hydrogen) atoms. The van der Waals surface area contributed by atoms with Crippen molar-refractivity contribution in [3.05, 3.63) is 35.6 Å². The van der Waals surface area contributed by atoms with Crippen molar-refractivity contribution in [1.82, 2.24) is 4.72 Å². The third-order valence-corrected chi connectivity index (χ3v) is 3.05. The summed E-state index contributed by atoms with van der Waals surface area (Å²) in [4.78, 5) is 0. The number of halogens is 1. The molecule has 0 saturated heterocycles. The summed E-state index contributed by atoms with van der Waals surface area (Å²) < 4.78 is 37.6. The van der Waals surface area contributed by atoms with Gasteiger partial charge in [0.15, 0.2) is 0 Å². The van der Waals surface area contributed by atoms with E-state index >= 15 is 0 Å². The second kappa shape index (κ2) is 4.52. The highest BCUT2D eigenvalue weighted by Crippen LogP contribution is 2.06. The monoisotopic (exact) mass is 217 g/mol. The number of rotatable bonds is 4. The number of nitrogens with one attached hydrogen (secondary N) is 1. The first-order valence-electron chi connectivity index (χ1n) is 4.25. The van der Waals surface area contributed by atoms with Crippen molar-refractivity contribution in [2.75, 3.05) is 6.54 Å². The molecule has 0 atom stereocenters. The highest BCUT2D eigenvalue weighted by molar-refractivity contribution is 7.88. The fourth-order valence-electron chi connectivity index (χ4n) is 1.12. The molecule has 0 aliphatic rings. The van der Waals surface area contributed by atoms with Crippen LogP contribution in [0.25, 0.3) is 0 Å². The second-order valence-electron chi connectivity index (χ2n) is 2.89. The first kappa shape index (κ1) is 11.1. The van der Waals surface area contributed by atoms with Gasteiger partial charge in [0, 0.05) is 6.54 Å². The number of sulfonamides is 1. The minimum Gasteiger partial charge on any atom is -0.215 e. The van der Waals surface area contributed by atoms with Crippen LogP contribution in [0.4, 0.5) is 4.39 Å². The van der Waals surface area contributed by atoms with Crippen LogP contribution in [0.2, 0.25) is 0 Å². The molecule has 0 aromatic heterocycles. The summed E-state index contributed by atoms with van der Waals surface area (Å²) in [6.07, 6.45) is 0. The third kappa shape index (κ3) is 3.43. The molecule has 1 aromatic carbocycles. The summed E-state index contributed by atoms with van der Waals surface area (Å²) in [6.45, 7) is 2.04. The summed E-state index contributed by atoms with van der Waals surface area (Å²) in [5.74, 6) is -0.604. The molecule has 5 heteroatoms. The topological polar surface area (TPSA) is 46.2 Å². The van der Waals surface area contributed by atoms with Crippen molar-refractivity contribution in [3.8, 4) is 0 Å². The molecular weight excluding hydrogens is 205 g/mol. The van der Waals surface area contributed by atoms with E-state index in [9.17, 15) is 12.8 Å². The molecule has 0 unspecified atom stereocenters. The molecule has 1 N–H and O–H groups in total. The highest BCUT2D eigenvalue weighted by Gasteiger charge is 2.09. The van der Waals surface area contributed by atoms with Gasteiger partial charge in [-0.3, -0.25) is 0 Å². The molecule has 0 saturated carbocycles. The molecular formula is C9H12FNO2S. The van der Waals surface area contributed by atoms with E-state index in [1.807, 2.05) is 0 Å². The van der Waals surface area contributed by atoms with Crippen LogP contribution < -0.4 is 4.72 Å². The van der Waals surface area contributed by atoms with E-state index in [4.69, 9.17) is 0 Å². The summed E-state index contributed by atoms with van der Waals surface area (Å²) in [6, 6.07) is 5.57. The van der Waals surface area contributed by atoms with Gasteiger partial charge in [0.05, 0.1) is 5.75 Å².